The summed E-state index contributed by atoms with van der Waals surface area (Å²) in [5.74, 6) is -3.47. The first-order valence-corrected chi connectivity index (χ1v) is 7.92. The molecule has 0 bridgehead atoms. The number of halogens is 1. The number of nitrogens with zero attached hydrogens (tertiary/aromatic N) is 1. The van der Waals surface area contributed by atoms with E-state index in [-0.39, 0.29) is 12.5 Å². The van der Waals surface area contributed by atoms with Gasteiger partial charge in [-0.15, -0.1) is 0 Å². The van der Waals surface area contributed by atoms with E-state index in [0.717, 1.165) is 4.90 Å². The monoisotopic (exact) mass is 335 g/mol. The molecule has 0 aromatic heterocycles. The zero-order valence-electron chi connectivity index (χ0n) is 13.8. The number of amides is 2. The topological polar surface area (TPSA) is 80.3 Å². The molecule has 2 saturated heterocycles. The van der Waals surface area contributed by atoms with Crippen LogP contribution in [0.1, 0.15) is 25.5 Å². The van der Waals surface area contributed by atoms with Crippen molar-refractivity contribution >= 4 is 17.8 Å². The minimum Gasteiger partial charge on any atom is -0.461 e. The van der Waals surface area contributed by atoms with Gasteiger partial charge in [-0.2, -0.15) is 0 Å². The van der Waals surface area contributed by atoms with Crippen LogP contribution >= 0.6 is 0 Å². The molecule has 6 nitrogen and oxygen atoms in total. The summed E-state index contributed by atoms with van der Waals surface area (Å²) in [6, 6.07) is 5.48. The number of esters is 1. The predicted molar refractivity (Wildman–Crippen MR) is 80.9 cm³/mol. The molecule has 0 radical (unpaired) electrons. The fourth-order valence-corrected chi connectivity index (χ4v) is 3.92. The molecule has 7 heteroatoms. The van der Waals surface area contributed by atoms with E-state index in [2.05, 4.69) is 0 Å². The Morgan fingerprint density at radius 2 is 2.00 bits per heavy atom. The highest BCUT2D eigenvalue weighted by Gasteiger charge is 2.70. The maximum absolute atomic E-state index is 14.3. The van der Waals surface area contributed by atoms with Gasteiger partial charge >= 0.3 is 5.97 Å². The van der Waals surface area contributed by atoms with Crippen molar-refractivity contribution in [2.75, 3.05) is 13.7 Å². The average Bonchev–Trinajstić information content (AvgIpc) is 2.98. The van der Waals surface area contributed by atoms with Gasteiger partial charge in [0.1, 0.15) is 23.7 Å². The van der Waals surface area contributed by atoms with E-state index < -0.39 is 41.1 Å². The number of carbonyl (C=O) groups excluding carboxylic acids is 3. The van der Waals surface area contributed by atoms with Crippen LogP contribution in [0.15, 0.2) is 24.3 Å². The van der Waals surface area contributed by atoms with Crippen molar-refractivity contribution in [2.24, 2.45) is 11.8 Å². The highest BCUT2D eigenvalue weighted by Crippen LogP contribution is 2.44. The van der Waals surface area contributed by atoms with E-state index in [9.17, 15) is 18.8 Å². The number of rotatable bonds is 3. The summed E-state index contributed by atoms with van der Waals surface area (Å²) < 4.78 is 19.4. The summed E-state index contributed by atoms with van der Waals surface area (Å²) in [5.41, 5.74) is -0.942. The molecule has 2 N–H and O–H groups in total. The third-order valence-electron chi connectivity index (χ3n) is 5.11. The van der Waals surface area contributed by atoms with Crippen molar-refractivity contribution in [1.82, 2.24) is 4.90 Å². The molecule has 128 valence electrons. The van der Waals surface area contributed by atoms with Crippen LogP contribution in [0.4, 0.5) is 4.39 Å². The summed E-state index contributed by atoms with van der Waals surface area (Å²) >= 11 is 0. The second kappa shape index (κ2) is 5.66. The van der Waals surface area contributed by atoms with Crippen LogP contribution in [0.2, 0.25) is 0 Å². The van der Waals surface area contributed by atoms with Crippen molar-refractivity contribution < 1.29 is 28.8 Å². The number of fused-ring (bicyclic) bond motifs is 1. The molecule has 2 heterocycles. The van der Waals surface area contributed by atoms with Gasteiger partial charge in [-0.3, -0.25) is 14.5 Å². The van der Waals surface area contributed by atoms with Gasteiger partial charge in [-0.25, -0.2) is 9.18 Å². The zero-order chi connectivity index (χ0) is 17.6. The van der Waals surface area contributed by atoms with E-state index in [4.69, 9.17) is 4.74 Å². The Hall–Kier alpha value is -2.28. The van der Waals surface area contributed by atoms with Gasteiger partial charge < -0.3 is 10.1 Å². The van der Waals surface area contributed by atoms with Crippen molar-refractivity contribution in [3.05, 3.63) is 35.6 Å². The molecule has 3 rings (SSSR count). The lowest BCUT2D eigenvalue weighted by atomic mass is 9.80. The number of ether oxygens (including phenoxy) is 1. The zero-order valence-corrected chi connectivity index (χ0v) is 13.8. The van der Waals surface area contributed by atoms with E-state index in [1.807, 2.05) is 0 Å². The molecule has 1 aromatic carbocycles. The van der Waals surface area contributed by atoms with Gasteiger partial charge in [0.05, 0.1) is 6.61 Å². The Bertz CT molecular complexity index is 722. The highest BCUT2D eigenvalue weighted by molar-refractivity contribution is 6.08. The number of likely N-dealkylation sites (tertiary alicyclic amines) is 1. The molecular weight excluding hydrogens is 315 g/mol. The number of quaternary nitrogens is 1. The van der Waals surface area contributed by atoms with Crippen LogP contribution in [0.5, 0.6) is 0 Å². The largest absolute Gasteiger partial charge is 0.461 e. The van der Waals surface area contributed by atoms with E-state index >= 15 is 0 Å². The van der Waals surface area contributed by atoms with Crippen molar-refractivity contribution in [3.63, 3.8) is 0 Å². The van der Waals surface area contributed by atoms with Crippen molar-refractivity contribution in [1.29, 1.82) is 0 Å². The molecule has 0 saturated carbocycles. The van der Waals surface area contributed by atoms with Crippen LogP contribution in [-0.4, -0.2) is 41.9 Å². The molecule has 2 aliphatic rings. The Balaban J connectivity index is 2.10. The number of nitrogens with two attached hydrogens (primary N) is 1. The maximum Gasteiger partial charge on any atom is 0.368 e. The van der Waals surface area contributed by atoms with Crippen molar-refractivity contribution in [2.45, 2.75) is 25.4 Å². The highest BCUT2D eigenvalue weighted by atomic mass is 19.1. The van der Waals surface area contributed by atoms with Crippen LogP contribution in [0.25, 0.3) is 0 Å². The molecule has 1 aromatic rings. The second-order valence-corrected chi connectivity index (χ2v) is 6.46. The standard InChI is InChI=1S/C17H19FN2O4/c1-4-24-16(23)17(2)12-11(14(21)20(3)15(12)22)13(19-17)9-7-5-6-8-10(9)18/h5-8,11-13,19H,4H2,1-3H3/p+1/t11-,12-,13-,17+/m0/s1. The van der Waals surface area contributed by atoms with Crippen LogP contribution in [0, 0.1) is 17.7 Å². The third-order valence-corrected chi connectivity index (χ3v) is 5.11. The average molecular weight is 335 g/mol. The van der Waals surface area contributed by atoms with Gasteiger partial charge in [0, 0.05) is 19.5 Å². The third kappa shape index (κ3) is 2.15. The summed E-state index contributed by atoms with van der Waals surface area (Å²) in [6.45, 7) is 3.44. The predicted octanol–water partition coefficient (Wildman–Crippen LogP) is -0.00340. The molecule has 2 aliphatic heterocycles. The lowest BCUT2D eigenvalue weighted by Crippen LogP contribution is -2.97. The molecule has 24 heavy (non-hydrogen) atoms. The van der Waals surface area contributed by atoms with E-state index in [0.29, 0.717) is 5.56 Å². The van der Waals surface area contributed by atoms with Crippen LogP contribution in [-0.2, 0) is 19.1 Å². The van der Waals surface area contributed by atoms with Crippen molar-refractivity contribution in [3.8, 4) is 0 Å². The second-order valence-electron chi connectivity index (χ2n) is 6.46. The summed E-state index contributed by atoms with van der Waals surface area (Å²) in [7, 11) is 1.40. The SMILES string of the molecule is CCOC(=O)[C@]1(C)[NH2+][C@@H](c2ccccc2F)[C@H]2C(=O)N(C)C(=O)[C@H]21. The summed E-state index contributed by atoms with van der Waals surface area (Å²) in [4.78, 5) is 38.7. The maximum atomic E-state index is 14.3. The molecule has 0 aliphatic carbocycles. The molecular formula is C17H20FN2O4+. The first-order valence-electron chi connectivity index (χ1n) is 7.92. The summed E-state index contributed by atoms with van der Waals surface area (Å²) in [6.07, 6.45) is 0. The lowest BCUT2D eigenvalue weighted by Gasteiger charge is -2.25. The number of hydrogen-bond donors (Lipinski definition) is 1. The molecule has 2 amide bonds. The Morgan fingerprint density at radius 3 is 2.62 bits per heavy atom. The number of benzene rings is 1. The van der Waals surface area contributed by atoms with Gasteiger partial charge in [-0.05, 0) is 13.0 Å². The van der Waals surface area contributed by atoms with Crippen LogP contribution < -0.4 is 5.32 Å². The fourth-order valence-electron chi connectivity index (χ4n) is 3.92. The Labute approximate surface area is 139 Å². The lowest BCUT2D eigenvalue weighted by molar-refractivity contribution is -0.731. The molecule has 0 unspecified atom stereocenters. The van der Waals surface area contributed by atoms with Crippen LogP contribution in [0.3, 0.4) is 0 Å². The normalized spacial score (nSPS) is 32.2. The fraction of sp³-hybridized carbons (Fsp3) is 0.471. The first kappa shape index (κ1) is 16.6. The minimum atomic E-state index is -1.26. The minimum absolute atomic E-state index is 0.169. The van der Waals surface area contributed by atoms with E-state index in [1.54, 1.807) is 37.4 Å². The molecule has 0 spiro atoms. The van der Waals surface area contributed by atoms with Gasteiger partial charge in [-0.1, -0.05) is 18.2 Å². The Morgan fingerprint density at radius 1 is 1.33 bits per heavy atom. The summed E-state index contributed by atoms with van der Waals surface area (Å²) in [5, 5.41) is 1.61. The number of imide groups is 1. The van der Waals surface area contributed by atoms with Gasteiger partial charge in [0.15, 0.2) is 0 Å². The number of hydrogen-bond acceptors (Lipinski definition) is 4. The number of carbonyl (C=O) groups is 3. The molecule has 2 fully saturated rings. The van der Waals surface area contributed by atoms with Gasteiger partial charge in [0.25, 0.3) is 0 Å². The first-order chi connectivity index (χ1) is 11.3. The Kier molecular flexibility index (Phi) is 3.91. The smallest absolute Gasteiger partial charge is 0.368 e. The van der Waals surface area contributed by atoms with E-state index in [1.165, 1.54) is 13.1 Å². The van der Waals surface area contributed by atoms with Gasteiger partial charge in [0.2, 0.25) is 17.4 Å². The quantitative estimate of drug-likeness (QED) is 0.623. The molecule has 4 atom stereocenters.